The zero-order chi connectivity index (χ0) is 21.6. The number of carbonyl (C=O) groups excluding carboxylic acids is 1. The van der Waals surface area contributed by atoms with Crippen molar-refractivity contribution in [2.75, 3.05) is 7.11 Å². The van der Waals surface area contributed by atoms with E-state index in [1.165, 1.54) is 19.4 Å². The van der Waals surface area contributed by atoms with Crippen molar-refractivity contribution in [1.29, 1.82) is 0 Å². The minimum atomic E-state index is -1.35. The molecule has 0 atom stereocenters. The van der Waals surface area contributed by atoms with E-state index in [2.05, 4.69) is 0 Å². The Morgan fingerprint density at radius 3 is 2.50 bits per heavy atom. The lowest BCUT2D eigenvalue weighted by Crippen LogP contribution is -2.19. The lowest BCUT2D eigenvalue weighted by molar-refractivity contribution is 0.0600. The first-order valence-corrected chi connectivity index (χ1v) is 9.14. The Bertz CT molecular complexity index is 1400. The molecule has 0 saturated heterocycles. The molecular weight excluding hydrogens is 391 g/mol. The zero-order valence-corrected chi connectivity index (χ0v) is 16.2. The molecule has 2 heterocycles. The summed E-state index contributed by atoms with van der Waals surface area (Å²) in [6, 6.07) is 7.59. The Morgan fingerprint density at radius 1 is 1.10 bits per heavy atom. The number of carboxylic acids is 1. The van der Waals surface area contributed by atoms with Crippen LogP contribution in [0.4, 0.5) is 4.39 Å². The minimum absolute atomic E-state index is 0.00249. The van der Waals surface area contributed by atoms with Gasteiger partial charge >= 0.3 is 11.9 Å². The van der Waals surface area contributed by atoms with Gasteiger partial charge in [0.1, 0.15) is 11.4 Å². The largest absolute Gasteiger partial charge is 0.477 e. The topological polar surface area (TPSA) is 90.5 Å². The molecule has 4 rings (SSSR count). The molecule has 0 aliphatic rings. The van der Waals surface area contributed by atoms with Gasteiger partial charge in [-0.25, -0.2) is 14.0 Å². The summed E-state index contributed by atoms with van der Waals surface area (Å²) >= 11 is 0. The normalized spacial score (nSPS) is 11.2. The molecule has 0 amide bonds. The number of rotatable bonds is 4. The average molecular weight is 408 g/mol. The van der Waals surface area contributed by atoms with E-state index in [1.807, 2.05) is 0 Å². The van der Waals surface area contributed by atoms with Crippen molar-refractivity contribution < 1.29 is 23.8 Å². The van der Waals surface area contributed by atoms with E-state index in [1.54, 1.807) is 46.7 Å². The van der Waals surface area contributed by atoms with Crippen LogP contribution in [0.1, 0.15) is 27.6 Å². The molecule has 0 aliphatic heterocycles. The molecule has 0 radical (unpaired) electrons. The maximum Gasteiger partial charge on any atom is 0.341 e. The molecule has 0 fully saturated rings. The number of methoxy groups -OCH3 is 1. The van der Waals surface area contributed by atoms with E-state index >= 15 is 0 Å². The molecule has 0 saturated carbocycles. The van der Waals surface area contributed by atoms with Gasteiger partial charge in [0.2, 0.25) is 5.43 Å². The number of esters is 1. The smallest absolute Gasteiger partial charge is 0.341 e. The number of ether oxygens (including phenoxy) is 1. The van der Waals surface area contributed by atoms with Crippen LogP contribution in [0.15, 0.2) is 53.7 Å². The minimum Gasteiger partial charge on any atom is -0.477 e. The third-order valence-electron chi connectivity index (χ3n) is 5.06. The maximum absolute atomic E-state index is 15.0. The van der Waals surface area contributed by atoms with Gasteiger partial charge in [-0.05, 0) is 36.6 Å². The van der Waals surface area contributed by atoms with Gasteiger partial charge in [-0.2, -0.15) is 0 Å². The second-order valence-electron chi connectivity index (χ2n) is 6.78. The second-order valence-corrected chi connectivity index (χ2v) is 6.78. The van der Waals surface area contributed by atoms with Crippen LogP contribution in [0.5, 0.6) is 0 Å². The molecular formula is C22H17FN2O5. The predicted octanol–water partition coefficient (Wildman–Crippen LogP) is 3.59. The number of pyridine rings is 1. The van der Waals surface area contributed by atoms with Gasteiger partial charge in [0, 0.05) is 35.9 Å². The van der Waals surface area contributed by atoms with Crippen LogP contribution in [0.25, 0.3) is 27.4 Å². The van der Waals surface area contributed by atoms with Crippen molar-refractivity contribution >= 4 is 33.6 Å². The first-order chi connectivity index (χ1) is 14.3. The fraction of sp³-hybridized carbons (Fsp3) is 0.136. The standard InChI is InChI=1S/C22H17FN2O5/c1-3-24-11-16(21(27)28)20(26)15-7-17(23)19(8-18(15)24)25-9-13-5-4-12(22(29)30-2)6-14(13)10-25/h4-11H,3H2,1-2H3,(H,27,28). The quantitative estimate of drug-likeness (QED) is 0.521. The first-order valence-electron chi connectivity index (χ1n) is 9.14. The highest BCUT2D eigenvalue weighted by Gasteiger charge is 2.17. The summed E-state index contributed by atoms with van der Waals surface area (Å²) in [6.07, 6.45) is 4.65. The van der Waals surface area contributed by atoms with E-state index in [0.717, 1.165) is 11.5 Å². The monoisotopic (exact) mass is 408 g/mol. The van der Waals surface area contributed by atoms with Crippen LogP contribution in [-0.4, -0.2) is 33.3 Å². The van der Waals surface area contributed by atoms with E-state index < -0.39 is 28.7 Å². The van der Waals surface area contributed by atoms with Crippen LogP contribution in [0, 0.1) is 5.82 Å². The molecule has 30 heavy (non-hydrogen) atoms. The number of carboxylic acid groups (broad SMARTS) is 1. The highest BCUT2D eigenvalue weighted by molar-refractivity contribution is 5.96. The van der Waals surface area contributed by atoms with E-state index in [9.17, 15) is 23.9 Å². The molecule has 7 nitrogen and oxygen atoms in total. The molecule has 2 aromatic heterocycles. The number of benzene rings is 2. The SMILES string of the molecule is CCn1cc(C(=O)O)c(=O)c2cc(F)c(-n3cc4ccc(C(=O)OC)cc4c3)cc21. The van der Waals surface area contributed by atoms with E-state index in [0.29, 0.717) is 23.0 Å². The fourth-order valence-corrected chi connectivity index (χ4v) is 3.54. The van der Waals surface area contributed by atoms with E-state index in [4.69, 9.17) is 4.74 Å². The summed E-state index contributed by atoms with van der Waals surface area (Å²) in [5, 5.41) is 10.8. The molecule has 0 aliphatic carbocycles. The van der Waals surface area contributed by atoms with Crippen molar-refractivity contribution in [1.82, 2.24) is 9.13 Å². The van der Waals surface area contributed by atoms with Gasteiger partial charge in [0.25, 0.3) is 0 Å². The fourth-order valence-electron chi connectivity index (χ4n) is 3.54. The third kappa shape index (κ3) is 3.02. The molecule has 0 spiro atoms. The molecule has 0 unspecified atom stereocenters. The van der Waals surface area contributed by atoms with Gasteiger partial charge in [0.05, 0.1) is 23.9 Å². The van der Waals surface area contributed by atoms with Crippen LogP contribution in [0.3, 0.4) is 0 Å². The summed E-state index contributed by atoms with van der Waals surface area (Å²) < 4.78 is 22.8. The molecule has 152 valence electrons. The van der Waals surface area contributed by atoms with Crippen LogP contribution < -0.4 is 5.43 Å². The number of carbonyl (C=O) groups is 2. The zero-order valence-electron chi connectivity index (χ0n) is 16.2. The number of aromatic carboxylic acids is 1. The van der Waals surface area contributed by atoms with Crippen LogP contribution in [-0.2, 0) is 11.3 Å². The van der Waals surface area contributed by atoms with Crippen molar-refractivity contribution in [2.24, 2.45) is 0 Å². The Morgan fingerprint density at radius 2 is 1.83 bits per heavy atom. The summed E-state index contributed by atoms with van der Waals surface area (Å²) in [7, 11) is 1.30. The molecule has 2 aromatic carbocycles. The predicted molar refractivity (Wildman–Crippen MR) is 109 cm³/mol. The summed E-state index contributed by atoms with van der Waals surface area (Å²) in [6.45, 7) is 2.20. The first kappa shape index (κ1) is 19.4. The number of aromatic nitrogens is 2. The summed E-state index contributed by atoms with van der Waals surface area (Å²) in [5.74, 6) is -2.49. The van der Waals surface area contributed by atoms with Crippen molar-refractivity contribution in [3.8, 4) is 5.69 Å². The summed E-state index contributed by atoms with van der Waals surface area (Å²) in [5.41, 5.74) is -0.130. The van der Waals surface area contributed by atoms with Crippen LogP contribution >= 0.6 is 0 Å². The van der Waals surface area contributed by atoms with Gasteiger partial charge in [-0.1, -0.05) is 6.07 Å². The number of hydrogen-bond donors (Lipinski definition) is 1. The van der Waals surface area contributed by atoms with Crippen molar-refractivity contribution in [3.63, 3.8) is 0 Å². The third-order valence-corrected chi connectivity index (χ3v) is 5.06. The lowest BCUT2D eigenvalue weighted by Gasteiger charge is -2.13. The van der Waals surface area contributed by atoms with Gasteiger partial charge < -0.3 is 19.0 Å². The Balaban J connectivity index is 1.94. The Kier molecular flexibility index (Phi) is 4.62. The van der Waals surface area contributed by atoms with Gasteiger partial charge in [-0.15, -0.1) is 0 Å². The highest BCUT2D eigenvalue weighted by Crippen LogP contribution is 2.25. The number of aryl methyl sites for hydroxylation is 1. The van der Waals surface area contributed by atoms with E-state index in [-0.39, 0.29) is 11.1 Å². The van der Waals surface area contributed by atoms with Crippen molar-refractivity contribution in [2.45, 2.75) is 13.5 Å². The number of halogens is 1. The van der Waals surface area contributed by atoms with Gasteiger partial charge in [-0.3, -0.25) is 4.79 Å². The lowest BCUT2D eigenvalue weighted by atomic mass is 10.1. The van der Waals surface area contributed by atoms with Crippen LogP contribution in [0.2, 0.25) is 0 Å². The molecule has 1 N–H and O–H groups in total. The second kappa shape index (κ2) is 7.14. The molecule has 4 aromatic rings. The molecule has 8 heteroatoms. The maximum atomic E-state index is 15.0. The Hall–Kier alpha value is -3.94. The number of fused-ring (bicyclic) bond motifs is 2. The average Bonchev–Trinajstić information content (AvgIpc) is 3.16. The van der Waals surface area contributed by atoms with Crippen molar-refractivity contribution in [3.05, 3.63) is 76.1 Å². The number of nitrogens with zero attached hydrogens (tertiary/aromatic N) is 2. The number of hydrogen-bond acceptors (Lipinski definition) is 4. The highest BCUT2D eigenvalue weighted by atomic mass is 19.1. The van der Waals surface area contributed by atoms with Gasteiger partial charge in [0.15, 0.2) is 0 Å². The Labute approximate surface area is 169 Å². The molecule has 0 bridgehead atoms. The summed E-state index contributed by atoms with van der Waals surface area (Å²) in [4.78, 5) is 35.6.